The third-order valence-corrected chi connectivity index (χ3v) is 6.95. The van der Waals surface area contributed by atoms with E-state index in [2.05, 4.69) is 15.3 Å². The lowest BCUT2D eigenvalue weighted by Gasteiger charge is -2.29. The van der Waals surface area contributed by atoms with Crippen molar-refractivity contribution in [2.24, 2.45) is 5.92 Å². The number of pyridine rings is 2. The lowest BCUT2D eigenvalue weighted by Crippen LogP contribution is -2.39. The number of aromatic nitrogens is 4. The molecule has 5 rings (SSSR count). The van der Waals surface area contributed by atoms with Gasteiger partial charge in [0.1, 0.15) is 11.5 Å². The summed E-state index contributed by atoms with van der Waals surface area (Å²) in [4.78, 5) is 34.0. The molecule has 192 valence electrons. The Morgan fingerprint density at radius 3 is 2.59 bits per heavy atom. The Labute approximate surface area is 214 Å². The Hall–Kier alpha value is -3.66. The number of nitrogens with zero attached hydrogens (tertiary/aromatic N) is 4. The highest BCUT2D eigenvalue weighted by Gasteiger charge is 2.27. The summed E-state index contributed by atoms with van der Waals surface area (Å²) in [6.45, 7) is 0.414. The largest absolute Gasteiger partial charge is 0.349 e. The van der Waals surface area contributed by atoms with Crippen LogP contribution >= 0.6 is 11.6 Å². The van der Waals surface area contributed by atoms with Gasteiger partial charge < -0.3 is 5.32 Å². The van der Waals surface area contributed by atoms with Gasteiger partial charge in [0.2, 0.25) is 0 Å². The Morgan fingerprint density at radius 2 is 1.86 bits per heavy atom. The molecule has 0 saturated heterocycles. The van der Waals surface area contributed by atoms with E-state index >= 15 is 0 Å². The van der Waals surface area contributed by atoms with E-state index in [4.69, 9.17) is 11.6 Å². The molecule has 0 bridgehead atoms. The summed E-state index contributed by atoms with van der Waals surface area (Å²) >= 11 is 5.87. The Kier molecular flexibility index (Phi) is 7.01. The molecule has 7 nitrogen and oxygen atoms in total. The number of imidazole rings is 1. The summed E-state index contributed by atoms with van der Waals surface area (Å²) in [5.74, 6) is -1.02. The maximum absolute atomic E-state index is 14.5. The van der Waals surface area contributed by atoms with Gasteiger partial charge in [0.25, 0.3) is 12.3 Å². The van der Waals surface area contributed by atoms with Gasteiger partial charge in [0.05, 0.1) is 21.8 Å². The van der Waals surface area contributed by atoms with Crippen LogP contribution in [0.25, 0.3) is 16.9 Å². The van der Waals surface area contributed by atoms with E-state index in [0.717, 1.165) is 6.20 Å². The Morgan fingerprint density at radius 1 is 1.11 bits per heavy atom. The monoisotopic (exact) mass is 529 g/mol. The van der Waals surface area contributed by atoms with Crippen molar-refractivity contribution in [1.29, 1.82) is 0 Å². The van der Waals surface area contributed by atoms with Gasteiger partial charge in [0, 0.05) is 25.0 Å². The van der Waals surface area contributed by atoms with Gasteiger partial charge in [-0.05, 0) is 61.9 Å². The van der Waals surface area contributed by atoms with Crippen LogP contribution in [0.3, 0.4) is 0 Å². The van der Waals surface area contributed by atoms with Crippen LogP contribution in [-0.4, -0.2) is 31.1 Å². The quantitative estimate of drug-likeness (QED) is 0.367. The summed E-state index contributed by atoms with van der Waals surface area (Å²) in [5.41, 5.74) is -0.0793. The zero-order chi connectivity index (χ0) is 26.1. The second-order valence-corrected chi connectivity index (χ2v) is 9.54. The standard InChI is InChI=1S/C26H23ClF3N5O2/c27-16-12-18(22(23(29)30)32-13-16)25(36)33-17-9-7-15(8-10-17)14-34-21-6-3-11-31-24(21)35(26(34)37)20-5-2-1-4-19(20)28/h1-6,11-13,15,17,23H,7-10,14H2,(H,33,36). The number of carbonyl (C=O) groups excluding carboxylic acids is 1. The minimum Gasteiger partial charge on any atom is -0.349 e. The van der Waals surface area contributed by atoms with Crippen LogP contribution in [-0.2, 0) is 6.54 Å². The van der Waals surface area contributed by atoms with Crippen molar-refractivity contribution in [1.82, 2.24) is 24.4 Å². The van der Waals surface area contributed by atoms with E-state index in [1.165, 1.54) is 22.8 Å². The minimum absolute atomic E-state index is 0.104. The predicted molar refractivity (Wildman–Crippen MR) is 133 cm³/mol. The van der Waals surface area contributed by atoms with Crippen molar-refractivity contribution in [3.05, 3.63) is 87.4 Å². The number of halogens is 4. The molecule has 37 heavy (non-hydrogen) atoms. The van der Waals surface area contributed by atoms with E-state index < -0.39 is 23.8 Å². The van der Waals surface area contributed by atoms with Gasteiger partial charge >= 0.3 is 5.69 Å². The Balaban J connectivity index is 1.31. The second-order valence-electron chi connectivity index (χ2n) is 9.10. The lowest BCUT2D eigenvalue weighted by molar-refractivity contribution is 0.0904. The average molecular weight is 530 g/mol. The summed E-state index contributed by atoms with van der Waals surface area (Å²) in [6.07, 6.45) is 2.41. The molecule has 1 saturated carbocycles. The maximum atomic E-state index is 14.5. The minimum atomic E-state index is -2.90. The third kappa shape index (κ3) is 4.98. The molecule has 1 aliphatic rings. The molecular weight excluding hydrogens is 507 g/mol. The molecule has 0 unspecified atom stereocenters. The highest BCUT2D eigenvalue weighted by atomic mass is 35.5. The molecule has 3 heterocycles. The summed E-state index contributed by atoms with van der Waals surface area (Å²) in [6, 6.07) is 10.6. The van der Waals surface area contributed by atoms with Crippen LogP contribution in [0.5, 0.6) is 0 Å². The Bertz CT molecular complexity index is 1510. The van der Waals surface area contributed by atoms with Crippen LogP contribution in [0.15, 0.2) is 59.7 Å². The van der Waals surface area contributed by atoms with E-state index in [1.54, 1.807) is 35.0 Å². The number of nitrogens with one attached hydrogen (secondary N) is 1. The van der Waals surface area contributed by atoms with Gasteiger partial charge in [-0.2, -0.15) is 0 Å². The predicted octanol–water partition coefficient (Wildman–Crippen LogP) is 5.30. The fraction of sp³-hybridized carbons (Fsp3) is 0.308. The first-order chi connectivity index (χ1) is 17.8. The molecule has 4 aromatic rings. The molecule has 1 fully saturated rings. The SMILES string of the molecule is O=C(NC1CCC(Cn2c(=O)n(-c3ccccc3F)c3ncccc32)CC1)c1cc(Cl)cnc1C(F)F. The first kappa shape index (κ1) is 25.0. The first-order valence-electron chi connectivity index (χ1n) is 11.9. The molecule has 11 heteroatoms. The van der Waals surface area contributed by atoms with Crippen molar-refractivity contribution in [2.45, 2.75) is 44.7 Å². The molecule has 0 aliphatic heterocycles. The number of benzene rings is 1. The number of carbonyl (C=O) groups is 1. The highest BCUT2D eigenvalue weighted by Crippen LogP contribution is 2.28. The number of fused-ring (bicyclic) bond motifs is 1. The molecule has 1 N–H and O–H groups in total. The molecule has 1 amide bonds. The van der Waals surface area contributed by atoms with Crippen molar-refractivity contribution in [3.63, 3.8) is 0 Å². The third-order valence-electron chi connectivity index (χ3n) is 6.74. The van der Waals surface area contributed by atoms with Crippen LogP contribution in [0.4, 0.5) is 13.2 Å². The number of para-hydroxylation sites is 1. The normalized spacial score (nSPS) is 17.9. The van der Waals surface area contributed by atoms with Crippen molar-refractivity contribution in [3.8, 4) is 5.69 Å². The number of amides is 1. The molecular formula is C26H23ClF3N5O2. The molecule has 0 spiro atoms. The first-order valence-corrected chi connectivity index (χ1v) is 12.3. The number of hydrogen-bond acceptors (Lipinski definition) is 4. The van der Waals surface area contributed by atoms with Gasteiger partial charge in [0.15, 0.2) is 5.65 Å². The molecule has 0 atom stereocenters. The van der Waals surface area contributed by atoms with Gasteiger partial charge in [-0.15, -0.1) is 0 Å². The van der Waals surface area contributed by atoms with Crippen molar-refractivity contribution in [2.75, 3.05) is 0 Å². The van der Waals surface area contributed by atoms with Gasteiger partial charge in [-0.1, -0.05) is 23.7 Å². The lowest BCUT2D eigenvalue weighted by atomic mass is 9.85. The van der Waals surface area contributed by atoms with E-state index in [0.29, 0.717) is 43.4 Å². The smallest absolute Gasteiger partial charge is 0.335 e. The summed E-state index contributed by atoms with van der Waals surface area (Å²) in [7, 11) is 0. The number of alkyl halides is 2. The second kappa shape index (κ2) is 10.4. The summed E-state index contributed by atoms with van der Waals surface area (Å²) in [5, 5.41) is 2.92. The van der Waals surface area contributed by atoms with Crippen LogP contribution < -0.4 is 11.0 Å². The fourth-order valence-electron chi connectivity index (χ4n) is 4.93. The average Bonchev–Trinajstić information content (AvgIpc) is 3.16. The van der Waals surface area contributed by atoms with Crippen LogP contribution in [0.2, 0.25) is 5.02 Å². The molecule has 1 aromatic carbocycles. The van der Waals surface area contributed by atoms with E-state index in [1.807, 2.05) is 0 Å². The zero-order valence-corrected chi connectivity index (χ0v) is 20.3. The highest BCUT2D eigenvalue weighted by molar-refractivity contribution is 6.30. The topological polar surface area (TPSA) is 81.8 Å². The van der Waals surface area contributed by atoms with Crippen molar-refractivity contribution < 1.29 is 18.0 Å². The van der Waals surface area contributed by atoms with Gasteiger partial charge in [-0.25, -0.2) is 27.5 Å². The molecule has 3 aromatic heterocycles. The van der Waals surface area contributed by atoms with Crippen LogP contribution in [0, 0.1) is 11.7 Å². The van der Waals surface area contributed by atoms with Crippen LogP contribution in [0.1, 0.15) is 48.2 Å². The maximum Gasteiger partial charge on any atom is 0.335 e. The van der Waals surface area contributed by atoms with Crippen molar-refractivity contribution >= 4 is 28.7 Å². The van der Waals surface area contributed by atoms with E-state index in [9.17, 15) is 22.8 Å². The fourth-order valence-corrected chi connectivity index (χ4v) is 5.09. The van der Waals surface area contributed by atoms with Gasteiger partial charge in [-0.3, -0.25) is 14.3 Å². The molecule has 1 aliphatic carbocycles. The number of hydrogen-bond donors (Lipinski definition) is 1. The van der Waals surface area contributed by atoms with E-state index in [-0.39, 0.29) is 33.9 Å². The molecule has 0 radical (unpaired) electrons. The summed E-state index contributed by atoms with van der Waals surface area (Å²) < 4.78 is 44.0. The number of rotatable bonds is 6. The zero-order valence-electron chi connectivity index (χ0n) is 19.6.